The van der Waals surface area contributed by atoms with Gasteiger partial charge >= 0.3 is 17.9 Å². The Hall–Kier alpha value is -3.41. The van der Waals surface area contributed by atoms with Crippen molar-refractivity contribution in [3.05, 3.63) is 85.1 Å². The Labute approximate surface area is 318 Å². The van der Waals surface area contributed by atoms with E-state index in [0.717, 1.165) is 89.9 Å². The summed E-state index contributed by atoms with van der Waals surface area (Å²) in [7, 11) is 0. The van der Waals surface area contributed by atoms with Gasteiger partial charge in [-0.1, -0.05) is 164 Å². The van der Waals surface area contributed by atoms with E-state index < -0.39 is 12.1 Å². The number of rotatable bonds is 35. The van der Waals surface area contributed by atoms with Crippen molar-refractivity contribution < 1.29 is 28.6 Å². The van der Waals surface area contributed by atoms with Crippen molar-refractivity contribution in [1.29, 1.82) is 0 Å². The van der Waals surface area contributed by atoms with Crippen molar-refractivity contribution in [2.24, 2.45) is 0 Å². The number of carbonyl (C=O) groups excluding carboxylic acids is 3. The minimum absolute atomic E-state index is 0.0969. The Morgan fingerprint density at radius 3 is 1.27 bits per heavy atom. The molecular formula is C46H74O6. The van der Waals surface area contributed by atoms with Crippen LogP contribution < -0.4 is 0 Å². The van der Waals surface area contributed by atoms with Crippen LogP contribution in [-0.2, 0) is 28.6 Å². The fourth-order valence-electron chi connectivity index (χ4n) is 5.14. The predicted octanol–water partition coefficient (Wildman–Crippen LogP) is 12.9. The van der Waals surface area contributed by atoms with E-state index in [1.165, 1.54) is 38.5 Å². The Morgan fingerprint density at radius 2 is 0.808 bits per heavy atom. The van der Waals surface area contributed by atoms with E-state index in [4.69, 9.17) is 14.2 Å². The standard InChI is InChI=1S/C46H74O6/c1-4-7-10-13-16-19-20-21-22-23-24-25-28-30-33-36-39-45(48)51-42-43(52-46(49)40-37-34-31-27-18-15-12-9-6-3)41-50-44(47)38-35-32-29-26-17-14-11-8-5-2/h7,9-10,12,16,18-19,21-22,24-25,27,34,37,43H,4-6,8,11,13-15,17,20,23,26,28-33,35-36,38-42H2,1-3H3/b10-7-,12-9-,19-16-,22-21-,25-24-,27-18-,37-34-. The third-order valence-electron chi connectivity index (χ3n) is 8.18. The number of allylic oxidation sites excluding steroid dienone is 13. The summed E-state index contributed by atoms with van der Waals surface area (Å²) in [4.78, 5) is 37.4. The van der Waals surface area contributed by atoms with Gasteiger partial charge in [0.15, 0.2) is 6.10 Å². The molecular weight excluding hydrogens is 648 g/mol. The van der Waals surface area contributed by atoms with E-state index in [0.29, 0.717) is 12.8 Å². The molecule has 0 aliphatic rings. The highest BCUT2D eigenvalue weighted by atomic mass is 16.6. The highest BCUT2D eigenvalue weighted by Gasteiger charge is 2.19. The highest BCUT2D eigenvalue weighted by molar-refractivity contribution is 5.72. The first-order valence-electron chi connectivity index (χ1n) is 20.6. The van der Waals surface area contributed by atoms with Gasteiger partial charge in [-0.15, -0.1) is 0 Å². The topological polar surface area (TPSA) is 78.9 Å². The number of hydrogen-bond donors (Lipinski definition) is 0. The van der Waals surface area contributed by atoms with Crippen LogP contribution in [0.4, 0.5) is 0 Å². The summed E-state index contributed by atoms with van der Waals surface area (Å²) in [5.41, 5.74) is 0. The summed E-state index contributed by atoms with van der Waals surface area (Å²) in [6, 6.07) is 0. The molecule has 0 aromatic rings. The minimum atomic E-state index is -0.833. The fraction of sp³-hybridized carbons (Fsp3) is 0.630. The van der Waals surface area contributed by atoms with Gasteiger partial charge in [0.25, 0.3) is 0 Å². The van der Waals surface area contributed by atoms with Crippen molar-refractivity contribution in [2.75, 3.05) is 13.2 Å². The van der Waals surface area contributed by atoms with Crippen LogP contribution >= 0.6 is 0 Å². The van der Waals surface area contributed by atoms with E-state index in [9.17, 15) is 14.4 Å². The van der Waals surface area contributed by atoms with Gasteiger partial charge < -0.3 is 14.2 Å². The molecule has 0 aromatic heterocycles. The lowest BCUT2D eigenvalue weighted by atomic mass is 10.1. The summed E-state index contributed by atoms with van der Waals surface area (Å²) in [5.74, 6) is -1.10. The zero-order valence-corrected chi connectivity index (χ0v) is 33.3. The normalized spacial score (nSPS) is 12.9. The van der Waals surface area contributed by atoms with Gasteiger partial charge in [-0.3, -0.25) is 14.4 Å². The van der Waals surface area contributed by atoms with E-state index in [-0.39, 0.29) is 31.6 Å². The Morgan fingerprint density at radius 1 is 0.423 bits per heavy atom. The maximum absolute atomic E-state index is 12.5. The largest absolute Gasteiger partial charge is 0.462 e. The maximum atomic E-state index is 12.5. The zero-order valence-electron chi connectivity index (χ0n) is 33.3. The third kappa shape index (κ3) is 37.8. The quantitative estimate of drug-likeness (QED) is 0.0280. The molecule has 1 unspecified atom stereocenters. The van der Waals surface area contributed by atoms with Gasteiger partial charge in [0, 0.05) is 12.8 Å². The van der Waals surface area contributed by atoms with Crippen molar-refractivity contribution in [1.82, 2.24) is 0 Å². The van der Waals surface area contributed by atoms with Crippen molar-refractivity contribution in [3.8, 4) is 0 Å². The molecule has 0 heterocycles. The average molecular weight is 723 g/mol. The van der Waals surface area contributed by atoms with Crippen LogP contribution in [0.2, 0.25) is 0 Å². The molecule has 0 spiro atoms. The number of unbranched alkanes of at least 4 members (excludes halogenated alkanes) is 11. The molecule has 0 saturated carbocycles. The first-order valence-corrected chi connectivity index (χ1v) is 20.6. The molecule has 0 rings (SSSR count). The van der Waals surface area contributed by atoms with Gasteiger partial charge in [-0.2, -0.15) is 0 Å². The molecule has 0 aliphatic carbocycles. The monoisotopic (exact) mass is 723 g/mol. The summed E-state index contributed by atoms with van der Waals surface area (Å²) in [6.07, 6.45) is 50.3. The second-order valence-corrected chi connectivity index (χ2v) is 13.2. The summed E-state index contributed by atoms with van der Waals surface area (Å²) >= 11 is 0. The number of ether oxygens (including phenoxy) is 3. The smallest absolute Gasteiger partial charge is 0.310 e. The third-order valence-corrected chi connectivity index (χ3v) is 8.18. The molecule has 0 N–H and O–H groups in total. The van der Waals surface area contributed by atoms with E-state index >= 15 is 0 Å². The molecule has 0 aliphatic heterocycles. The molecule has 52 heavy (non-hydrogen) atoms. The second-order valence-electron chi connectivity index (χ2n) is 13.2. The van der Waals surface area contributed by atoms with Crippen LogP contribution in [0.5, 0.6) is 0 Å². The van der Waals surface area contributed by atoms with Gasteiger partial charge in [0.2, 0.25) is 0 Å². The van der Waals surface area contributed by atoms with Gasteiger partial charge in [0.1, 0.15) is 13.2 Å². The molecule has 6 heteroatoms. The number of esters is 3. The number of hydrogen-bond acceptors (Lipinski definition) is 6. The van der Waals surface area contributed by atoms with E-state index in [1.54, 1.807) is 6.08 Å². The molecule has 0 fully saturated rings. The average Bonchev–Trinajstić information content (AvgIpc) is 3.14. The fourth-order valence-corrected chi connectivity index (χ4v) is 5.14. The molecule has 0 bridgehead atoms. The summed E-state index contributed by atoms with van der Waals surface area (Å²) in [5, 5.41) is 0. The lowest BCUT2D eigenvalue weighted by molar-refractivity contribution is -0.166. The molecule has 294 valence electrons. The van der Waals surface area contributed by atoms with Crippen LogP contribution in [0.1, 0.15) is 168 Å². The zero-order chi connectivity index (χ0) is 38.0. The van der Waals surface area contributed by atoms with Crippen molar-refractivity contribution >= 4 is 17.9 Å². The van der Waals surface area contributed by atoms with Crippen molar-refractivity contribution in [3.63, 3.8) is 0 Å². The Balaban J connectivity index is 4.48. The summed E-state index contributed by atoms with van der Waals surface area (Å²) in [6.45, 7) is 6.22. The van der Waals surface area contributed by atoms with E-state index in [2.05, 4.69) is 93.7 Å². The minimum Gasteiger partial charge on any atom is -0.462 e. The first-order chi connectivity index (χ1) is 25.5. The maximum Gasteiger partial charge on any atom is 0.310 e. The molecule has 0 amide bonds. The Bertz CT molecular complexity index is 1060. The van der Waals surface area contributed by atoms with Crippen LogP contribution in [0, 0.1) is 0 Å². The molecule has 1 atom stereocenters. The SMILES string of the molecule is CC/C=C\C/C=C\C/C=C\C/C=C\CCCCCC(=O)OCC(COC(=O)CCCCCCCCCCC)OC(=O)C/C=C\C/C=C\C/C=C\CC. The Kier molecular flexibility index (Phi) is 37.7. The molecule has 6 nitrogen and oxygen atoms in total. The van der Waals surface area contributed by atoms with Crippen LogP contribution in [0.25, 0.3) is 0 Å². The molecule has 0 aromatic carbocycles. The summed E-state index contributed by atoms with van der Waals surface area (Å²) < 4.78 is 16.5. The van der Waals surface area contributed by atoms with Crippen LogP contribution in [0.3, 0.4) is 0 Å². The van der Waals surface area contributed by atoms with Gasteiger partial charge in [0.05, 0.1) is 6.42 Å². The number of carbonyl (C=O) groups is 3. The van der Waals surface area contributed by atoms with Gasteiger partial charge in [-0.25, -0.2) is 0 Å². The molecule has 0 radical (unpaired) electrons. The van der Waals surface area contributed by atoms with Crippen molar-refractivity contribution in [2.45, 2.75) is 175 Å². The highest BCUT2D eigenvalue weighted by Crippen LogP contribution is 2.12. The second kappa shape index (κ2) is 40.4. The first kappa shape index (κ1) is 48.6. The predicted molar refractivity (Wildman–Crippen MR) is 219 cm³/mol. The van der Waals surface area contributed by atoms with Gasteiger partial charge in [-0.05, 0) is 70.6 Å². The lowest BCUT2D eigenvalue weighted by Gasteiger charge is -2.18. The van der Waals surface area contributed by atoms with Crippen LogP contribution in [-0.4, -0.2) is 37.2 Å². The molecule has 0 saturated heterocycles. The van der Waals surface area contributed by atoms with E-state index in [1.807, 2.05) is 6.08 Å². The van der Waals surface area contributed by atoms with Crippen LogP contribution in [0.15, 0.2) is 85.1 Å². The lowest BCUT2D eigenvalue weighted by Crippen LogP contribution is -2.30.